The number of halogens is 1. The second-order valence-corrected chi connectivity index (χ2v) is 6.90. The van der Waals surface area contributed by atoms with E-state index < -0.39 is 0 Å². The maximum atomic E-state index is 13.8. The predicted octanol–water partition coefficient (Wildman–Crippen LogP) is 3.53. The standard InChI is InChI=1S/C18H29FN2/c1-13-9-14(2)16(18(10-13)20-3)12-21(4)11-15-7-5-6-8-17(15)19/h5-8,13-14,16,18,20H,9-12H2,1-4H3. The van der Waals surface area contributed by atoms with Gasteiger partial charge in [0, 0.05) is 24.7 Å². The van der Waals surface area contributed by atoms with Crippen LogP contribution in [0, 0.1) is 23.6 Å². The van der Waals surface area contributed by atoms with Gasteiger partial charge in [-0.1, -0.05) is 32.0 Å². The molecule has 2 nitrogen and oxygen atoms in total. The van der Waals surface area contributed by atoms with Gasteiger partial charge in [-0.05, 0) is 50.8 Å². The summed E-state index contributed by atoms with van der Waals surface area (Å²) in [5, 5.41) is 3.49. The highest BCUT2D eigenvalue weighted by atomic mass is 19.1. The molecule has 1 N–H and O–H groups in total. The maximum Gasteiger partial charge on any atom is 0.127 e. The molecular weight excluding hydrogens is 263 g/mol. The minimum atomic E-state index is -0.0974. The molecule has 1 aliphatic rings. The molecule has 0 heterocycles. The van der Waals surface area contributed by atoms with Crippen LogP contribution in [0.1, 0.15) is 32.3 Å². The lowest BCUT2D eigenvalue weighted by Crippen LogP contribution is -2.47. The first-order valence-corrected chi connectivity index (χ1v) is 8.10. The van der Waals surface area contributed by atoms with E-state index in [1.807, 2.05) is 12.1 Å². The van der Waals surface area contributed by atoms with E-state index >= 15 is 0 Å². The summed E-state index contributed by atoms with van der Waals surface area (Å²) in [5.74, 6) is 2.06. The summed E-state index contributed by atoms with van der Waals surface area (Å²) < 4.78 is 13.8. The number of hydrogen-bond donors (Lipinski definition) is 1. The second kappa shape index (κ2) is 7.37. The van der Waals surface area contributed by atoms with Crippen LogP contribution in [0.5, 0.6) is 0 Å². The van der Waals surface area contributed by atoms with Crippen molar-refractivity contribution in [1.29, 1.82) is 0 Å². The van der Waals surface area contributed by atoms with E-state index in [1.54, 1.807) is 12.1 Å². The zero-order chi connectivity index (χ0) is 15.4. The molecule has 0 radical (unpaired) electrons. The summed E-state index contributed by atoms with van der Waals surface area (Å²) in [7, 11) is 4.17. The molecule has 1 aromatic carbocycles. The number of nitrogens with one attached hydrogen (secondary N) is 1. The highest BCUT2D eigenvalue weighted by Gasteiger charge is 2.33. The fraction of sp³-hybridized carbons (Fsp3) is 0.667. The highest BCUT2D eigenvalue weighted by Crippen LogP contribution is 2.34. The molecule has 0 aliphatic heterocycles. The molecule has 0 bridgehead atoms. The molecule has 0 spiro atoms. The van der Waals surface area contributed by atoms with Crippen LogP contribution in [-0.4, -0.2) is 31.6 Å². The molecule has 118 valence electrons. The number of nitrogens with zero attached hydrogens (tertiary/aromatic N) is 1. The lowest BCUT2D eigenvalue weighted by molar-refractivity contribution is 0.112. The zero-order valence-corrected chi connectivity index (χ0v) is 13.8. The van der Waals surface area contributed by atoms with Crippen molar-refractivity contribution >= 4 is 0 Å². The monoisotopic (exact) mass is 292 g/mol. The van der Waals surface area contributed by atoms with Gasteiger partial charge in [0.1, 0.15) is 5.82 Å². The van der Waals surface area contributed by atoms with E-state index in [1.165, 1.54) is 12.8 Å². The smallest absolute Gasteiger partial charge is 0.127 e. The van der Waals surface area contributed by atoms with Crippen LogP contribution in [0.25, 0.3) is 0 Å². The first-order valence-electron chi connectivity index (χ1n) is 8.10. The molecule has 2 rings (SSSR count). The zero-order valence-electron chi connectivity index (χ0n) is 13.8. The number of hydrogen-bond acceptors (Lipinski definition) is 2. The Morgan fingerprint density at radius 3 is 2.62 bits per heavy atom. The summed E-state index contributed by atoms with van der Waals surface area (Å²) in [4.78, 5) is 2.26. The Kier molecular flexibility index (Phi) is 5.77. The van der Waals surface area contributed by atoms with Crippen molar-refractivity contribution in [1.82, 2.24) is 10.2 Å². The molecule has 0 aromatic heterocycles. The van der Waals surface area contributed by atoms with E-state index in [-0.39, 0.29) is 5.82 Å². The molecular formula is C18H29FN2. The third-order valence-corrected chi connectivity index (χ3v) is 4.97. The summed E-state index contributed by atoms with van der Waals surface area (Å²) in [6.45, 7) is 6.41. The molecule has 1 aromatic rings. The summed E-state index contributed by atoms with van der Waals surface area (Å²) in [6.07, 6.45) is 2.55. The minimum Gasteiger partial charge on any atom is -0.317 e. The van der Waals surface area contributed by atoms with Crippen molar-refractivity contribution in [2.45, 2.75) is 39.3 Å². The molecule has 0 amide bonds. The Hall–Kier alpha value is -0.930. The van der Waals surface area contributed by atoms with Crippen molar-refractivity contribution in [3.8, 4) is 0 Å². The Morgan fingerprint density at radius 2 is 1.95 bits per heavy atom. The summed E-state index contributed by atoms with van der Waals surface area (Å²) in [6, 6.07) is 7.67. The van der Waals surface area contributed by atoms with Crippen molar-refractivity contribution in [3.63, 3.8) is 0 Å². The van der Waals surface area contributed by atoms with E-state index in [9.17, 15) is 4.39 Å². The maximum absolute atomic E-state index is 13.8. The van der Waals surface area contributed by atoms with Gasteiger partial charge in [0.05, 0.1) is 0 Å². The van der Waals surface area contributed by atoms with Crippen LogP contribution in [0.15, 0.2) is 24.3 Å². The van der Waals surface area contributed by atoms with Crippen LogP contribution >= 0.6 is 0 Å². The van der Waals surface area contributed by atoms with Gasteiger partial charge in [0.15, 0.2) is 0 Å². The van der Waals surface area contributed by atoms with Gasteiger partial charge >= 0.3 is 0 Å². The highest BCUT2D eigenvalue weighted by molar-refractivity contribution is 5.17. The Labute approximate surface area is 128 Å². The van der Waals surface area contributed by atoms with E-state index in [2.05, 4.69) is 38.2 Å². The average molecular weight is 292 g/mol. The molecule has 0 saturated heterocycles. The van der Waals surface area contributed by atoms with Gasteiger partial charge < -0.3 is 10.2 Å². The van der Waals surface area contributed by atoms with Gasteiger partial charge in [0.2, 0.25) is 0 Å². The molecule has 1 fully saturated rings. The lowest BCUT2D eigenvalue weighted by Gasteiger charge is -2.41. The molecule has 3 heteroatoms. The van der Waals surface area contributed by atoms with Crippen molar-refractivity contribution < 1.29 is 4.39 Å². The van der Waals surface area contributed by atoms with Crippen LogP contribution in [0.4, 0.5) is 4.39 Å². The first-order chi connectivity index (χ1) is 10.0. The van der Waals surface area contributed by atoms with Gasteiger partial charge in [-0.2, -0.15) is 0 Å². The van der Waals surface area contributed by atoms with E-state index in [4.69, 9.17) is 0 Å². The van der Waals surface area contributed by atoms with Gasteiger partial charge in [-0.25, -0.2) is 4.39 Å². The van der Waals surface area contributed by atoms with Gasteiger partial charge in [0.25, 0.3) is 0 Å². The predicted molar refractivity (Wildman–Crippen MR) is 86.6 cm³/mol. The molecule has 1 aliphatic carbocycles. The third kappa shape index (κ3) is 4.27. The largest absolute Gasteiger partial charge is 0.317 e. The Balaban J connectivity index is 1.97. The average Bonchev–Trinajstić information content (AvgIpc) is 2.44. The van der Waals surface area contributed by atoms with Crippen molar-refractivity contribution in [2.24, 2.45) is 17.8 Å². The van der Waals surface area contributed by atoms with Gasteiger partial charge in [-0.15, -0.1) is 0 Å². The normalized spacial score (nSPS) is 29.8. The number of rotatable bonds is 5. The van der Waals surface area contributed by atoms with Crippen LogP contribution < -0.4 is 5.32 Å². The lowest BCUT2D eigenvalue weighted by atomic mass is 9.72. The number of benzene rings is 1. The molecule has 1 saturated carbocycles. The van der Waals surface area contributed by atoms with Crippen LogP contribution in [0.3, 0.4) is 0 Å². The van der Waals surface area contributed by atoms with Crippen LogP contribution in [0.2, 0.25) is 0 Å². The fourth-order valence-corrected chi connectivity index (χ4v) is 3.89. The molecule has 4 atom stereocenters. The fourth-order valence-electron chi connectivity index (χ4n) is 3.89. The summed E-state index contributed by atoms with van der Waals surface area (Å²) >= 11 is 0. The van der Waals surface area contributed by atoms with Crippen molar-refractivity contribution in [3.05, 3.63) is 35.6 Å². The topological polar surface area (TPSA) is 15.3 Å². The first kappa shape index (κ1) is 16.4. The SMILES string of the molecule is CNC1CC(C)CC(C)C1CN(C)Cc1ccccc1F. The summed E-state index contributed by atoms with van der Waals surface area (Å²) in [5.41, 5.74) is 0.790. The second-order valence-electron chi connectivity index (χ2n) is 6.90. The van der Waals surface area contributed by atoms with Crippen LogP contribution in [-0.2, 0) is 6.54 Å². The molecule has 21 heavy (non-hydrogen) atoms. The van der Waals surface area contributed by atoms with E-state index in [0.29, 0.717) is 24.4 Å². The van der Waals surface area contributed by atoms with Crippen molar-refractivity contribution in [2.75, 3.05) is 20.6 Å². The Bertz CT molecular complexity index is 449. The minimum absolute atomic E-state index is 0.0974. The third-order valence-electron chi connectivity index (χ3n) is 4.97. The van der Waals surface area contributed by atoms with Gasteiger partial charge in [-0.3, -0.25) is 0 Å². The Morgan fingerprint density at radius 1 is 1.24 bits per heavy atom. The quantitative estimate of drug-likeness (QED) is 0.893. The molecule has 4 unspecified atom stereocenters. The van der Waals surface area contributed by atoms with E-state index in [0.717, 1.165) is 18.0 Å².